The summed E-state index contributed by atoms with van der Waals surface area (Å²) in [6.07, 6.45) is 2.86. The van der Waals surface area contributed by atoms with Gasteiger partial charge in [0.15, 0.2) is 5.82 Å². The Morgan fingerprint density at radius 2 is 2.05 bits per heavy atom. The second-order valence-electron chi connectivity index (χ2n) is 4.90. The van der Waals surface area contributed by atoms with Gasteiger partial charge in [0.2, 0.25) is 5.91 Å². The topological polar surface area (TPSA) is 75.4 Å². The largest absolute Gasteiger partial charge is 0.363 e. The summed E-state index contributed by atoms with van der Waals surface area (Å²) in [5.41, 5.74) is 0.596. The molecule has 1 unspecified atom stereocenters. The Labute approximate surface area is 121 Å². The minimum absolute atomic E-state index is 0.117. The van der Waals surface area contributed by atoms with E-state index in [4.69, 9.17) is 0 Å². The molecule has 1 fully saturated rings. The highest BCUT2D eigenvalue weighted by Gasteiger charge is 2.34. The third-order valence-corrected chi connectivity index (χ3v) is 3.53. The molecule has 2 amide bonds. The van der Waals surface area contributed by atoms with Gasteiger partial charge in [-0.2, -0.15) is 0 Å². The van der Waals surface area contributed by atoms with Gasteiger partial charge < -0.3 is 14.7 Å². The molecule has 1 aliphatic heterocycles. The van der Waals surface area contributed by atoms with Gasteiger partial charge in [-0.15, -0.1) is 0 Å². The fourth-order valence-corrected chi connectivity index (χ4v) is 2.52. The number of amides is 2. The van der Waals surface area contributed by atoms with Gasteiger partial charge in [0.05, 0.1) is 0 Å². The van der Waals surface area contributed by atoms with E-state index in [-0.39, 0.29) is 11.8 Å². The van der Waals surface area contributed by atoms with Crippen LogP contribution in [0.5, 0.6) is 0 Å². The van der Waals surface area contributed by atoms with Gasteiger partial charge in [0.1, 0.15) is 12.3 Å². The zero-order valence-electron chi connectivity index (χ0n) is 11.4. The van der Waals surface area contributed by atoms with Crippen LogP contribution in [-0.4, -0.2) is 34.5 Å². The van der Waals surface area contributed by atoms with Crippen molar-refractivity contribution in [2.45, 2.75) is 18.9 Å². The van der Waals surface area contributed by atoms with Crippen LogP contribution in [0.1, 0.15) is 23.2 Å². The van der Waals surface area contributed by atoms with E-state index in [1.807, 2.05) is 18.2 Å². The minimum Gasteiger partial charge on any atom is -0.363 e. The van der Waals surface area contributed by atoms with Crippen molar-refractivity contribution < 1.29 is 14.1 Å². The summed E-state index contributed by atoms with van der Waals surface area (Å²) in [5.74, 6) is 0.0121. The smallest absolute Gasteiger partial charge is 0.254 e. The normalized spacial score (nSPS) is 17.7. The first-order valence-electron chi connectivity index (χ1n) is 6.83. The lowest BCUT2D eigenvalue weighted by Crippen LogP contribution is -2.43. The molecule has 1 aromatic carbocycles. The van der Waals surface area contributed by atoms with Crippen molar-refractivity contribution in [1.82, 2.24) is 10.1 Å². The summed E-state index contributed by atoms with van der Waals surface area (Å²) in [6.45, 7) is 0.588. The minimum atomic E-state index is -0.464. The van der Waals surface area contributed by atoms with E-state index in [0.717, 1.165) is 6.42 Å². The van der Waals surface area contributed by atoms with Crippen molar-refractivity contribution >= 4 is 17.6 Å². The van der Waals surface area contributed by atoms with Crippen LogP contribution in [0.15, 0.2) is 47.2 Å². The van der Waals surface area contributed by atoms with E-state index in [9.17, 15) is 9.59 Å². The molecule has 6 heteroatoms. The quantitative estimate of drug-likeness (QED) is 0.934. The molecule has 21 heavy (non-hydrogen) atoms. The van der Waals surface area contributed by atoms with E-state index in [0.29, 0.717) is 24.3 Å². The highest BCUT2D eigenvalue weighted by Crippen LogP contribution is 2.21. The van der Waals surface area contributed by atoms with E-state index in [2.05, 4.69) is 15.0 Å². The summed E-state index contributed by atoms with van der Waals surface area (Å²) in [4.78, 5) is 26.4. The number of hydrogen-bond acceptors (Lipinski definition) is 4. The van der Waals surface area contributed by atoms with E-state index in [1.54, 1.807) is 23.1 Å². The van der Waals surface area contributed by atoms with Crippen LogP contribution >= 0.6 is 0 Å². The first-order chi connectivity index (χ1) is 10.3. The van der Waals surface area contributed by atoms with Crippen LogP contribution in [0, 0.1) is 0 Å². The third kappa shape index (κ3) is 2.79. The summed E-state index contributed by atoms with van der Waals surface area (Å²) >= 11 is 0. The fraction of sp³-hybridized carbons (Fsp3) is 0.267. The van der Waals surface area contributed by atoms with Gasteiger partial charge in [-0.05, 0) is 25.0 Å². The van der Waals surface area contributed by atoms with Crippen molar-refractivity contribution in [3.63, 3.8) is 0 Å². The van der Waals surface area contributed by atoms with Crippen LogP contribution in [0.4, 0.5) is 5.82 Å². The monoisotopic (exact) mass is 285 g/mol. The first-order valence-corrected chi connectivity index (χ1v) is 6.83. The van der Waals surface area contributed by atoms with Crippen LogP contribution in [0.3, 0.4) is 0 Å². The maximum atomic E-state index is 12.5. The summed E-state index contributed by atoms with van der Waals surface area (Å²) in [6, 6.07) is 10.1. The zero-order valence-corrected chi connectivity index (χ0v) is 11.4. The number of nitrogens with zero attached hydrogens (tertiary/aromatic N) is 2. The Hall–Kier alpha value is -2.63. The summed E-state index contributed by atoms with van der Waals surface area (Å²) in [5, 5.41) is 6.31. The van der Waals surface area contributed by atoms with Crippen molar-refractivity contribution in [1.29, 1.82) is 0 Å². The number of aromatic nitrogens is 1. The van der Waals surface area contributed by atoms with Gasteiger partial charge in [0.25, 0.3) is 5.91 Å². The molecule has 0 radical (unpaired) electrons. The molecular weight excluding hydrogens is 270 g/mol. The van der Waals surface area contributed by atoms with Gasteiger partial charge >= 0.3 is 0 Å². The average Bonchev–Trinajstić information content (AvgIpc) is 3.18. The lowest BCUT2D eigenvalue weighted by atomic mass is 10.1. The maximum Gasteiger partial charge on any atom is 0.254 e. The van der Waals surface area contributed by atoms with Crippen LogP contribution < -0.4 is 5.32 Å². The summed E-state index contributed by atoms with van der Waals surface area (Å²) in [7, 11) is 0. The summed E-state index contributed by atoms with van der Waals surface area (Å²) < 4.78 is 4.68. The van der Waals surface area contributed by atoms with E-state index < -0.39 is 6.04 Å². The Balaban J connectivity index is 1.73. The molecule has 0 spiro atoms. The zero-order chi connectivity index (χ0) is 14.7. The highest BCUT2D eigenvalue weighted by atomic mass is 16.5. The molecule has 1 aliphatic rings. The van der Waals surface area contributed by atoms with Crippen LogP contribution in [0.25, 0.3) is 0 Å². The van der Waals surface area contributed by atoms with Gasteiger partial charge in [-0.3, -0.25) is 9.59 Å². The lowest BCUT2D eigenvalue weighted by molar-refractivity contribution is -0.119. The molecule has 1 atom stereocenters. The molecule has 2 heterocycles. The van der Waals surface area contributed by atoms with Crippen molar-refractivity contribution in [3.8, 4) is 0 Å². The van der Waals surface area contributed by atoms with Crippen molar-refractivity contribution in [3.05, 3.63) is 48.2 Å². The molecule has 0 aliphatic carbocycles. The van der Waals surface area contributed by atoms with Crippen molar-refractivity contribution in [2.24, 2.45) is 0 Å². The molecule has 2 aromatic rings. The number of carbonyl (C=O) groups is 2. The predicted octanol–water partition coefficient (Wildman–Crippen LogP) is 1.92. The Morgan fingerprint density at radius 3 is 2.76 bits per heavy atom. The lowest BCUT2D eigenvalue weighted by Gasteiger charge is -2.23. The van der Waals surface area contributed by atoms with E-state index >= 15 is 0 Å². The molecular formula is C15H15N3O3. The number of hydrogen-bond donors (Lipinski definition) is 1. The first kappa shape index (κ1) is 13.4. The molecule has 1 N–H and O–H groups in total. The Kier molecular flexibility index (Phi) is 3.68. The molecule has 0 bridgehead atoms. The number of carbonyl (C=O) groups excluding carboxylic acids is 2. The standard InChI is InChI=1S/C15H15N3O3/c19-14(16-13-8-10-21-17-13)12-7-4-9-18(12)15(20)11-5-2-1-3-6-11/h1-3,5-6,8,10,12H,4,7,9H2,(H,16,17,19). The van der Waals surface area contributed by atoms with Gasteiger partial charge in [-0.1, -0.05) is 23.4 Å². The molecule has 1 saturated heterocycles. The second kappa shape index (κ2) is 5.78. The number of benzene rings is 1. The van der Waals surface area contributed by atoms with Crippen molar-refractivity contribution in [2.75, 3.05) is 11.9 Å². The maximum absolute atomic E-state index is 12.5. The molecule has 0 saturated carbocycles. The Bertz CT molecular complexity index is 625. The molecule has 108 valence electrons. The molecule has 3 rings (SSSR count). The number of rotatable bonds is 3. The Morgan fingerprint density at radius 1 is 1.24 bits per heavy atom. The highest BCUT2D eigenvalue weighted by molar-refractivity contribution is 6.01. The average molecular weight is 285 g/mol. The van der Waals surface area contributed by atoms with Gasteiger partial charge in [-0.25, -0.2) is 0 Å². The van der Waals surface area contributed by atoms with E-state index in [1.165, 1.54) is 6.26 Å². The second-order valence-corrected chi connectivity index (χ2v) is 4.90. The SMILES string of the molecule is O=C(Nc1ccon1)C1CCCN1C(=O)c1ccccc1. The molecule has 1 aromatic heterocycles. The number of nitrogens with one attached hydrogen (secondary N) is 1. The number of likely N-dealkylation sites (tertiary alicyclic amines) is 1. The van der Waals surface area contributed by atoms with Crippen LogP contribution in [0.2, 0.25) is 0 Å². The predicted molar refractivity (Wildman–Crippen MR) is 75.6 cm³/mol. The van der Waals surface area contributed by atoms with Gasteiger partial charge in [0, 0.05) is 18.2 Å². The number of anilines is 1. The third-order valence-electron chi connectivity index (χ3n) is 3.53. The molecule has 6 nitrogen and oxygen atoms in total. The van der Waals surface area contributed by atoms with Crippen LogP contribution in [-0.2, 0) is 4.79 Å². The fourth-order valence-electron chi connectivity index (χ4n) is 2.52.